The van der Waals surface area contributed by atoms with E-state index in [0.717, 1.165) is 16.7 Å². The molecule has 0 unspecified atom stereocenters. The Bertz CT molecular complexity index is 680. The van der Waals surface area contributed by atoms with Gasteiger partial charge in [0.15, 0.2) is 0 Å². The Labute approximate surface area is 105 Å². The maximum Gasteiger partial charge on any atom is 0.268 e. The van der Waals surface area contributed by atoms with E-state index in [0.29, 0.717) is 11.3 Å². The van der Waals surface area contributed by atoms with E-state index in [1.165, 1.54) is 0 Å². The number of hydrogen-bond donors (Lipinski definition) is 1. The van der Waals surface area contributed by atoms with Crippen molar-refractivity contribution in [1.29, 1.82) is 5.26 Å². The van der Waals surface area contributed by atoms with Gasteiger partial charge in [-0.3, -0.25) is 4.79 Å². The molecule has 0 fully saturated rings. The van der Waals surface area contributed by atoms with Gasteiger partial charge in [-0.1, -0.05) is 17.7 Å². The maximum atomic E-state index is 11.5. The van der Waals surface area contributed by atoms with E-state index in [-0.39, 0.29) is 12.0 Å². The minimum Gasteiger partial charge on any atom is -0.268 e. The molecular weight excluding hydrogens is 226 g/mol. The number of hydrogen-bond acceptors (Lipinski definition) is 3. The number of nitriles is 1. The first-order valence-corrected chi connectivity index (χ1v) is 5.65. The fourth-order valence-corrected chi connectivity index (χ4v) is 1.81. The molecule has 0 aliphatic carbocycles. The maximum absolute atomic E-state index is 11.5. The molecule has 0 saturated carbocycles. The van der Waals surface area contributed by atoms with Gasteiger partial charge in [-0.25, -0.2) is 5.10 Å². The summed E-state index contributed by atoms with van der Waals surface area (Å²) < 4.78 is 0. The van der Waals surface area contributed by atoms with Crippen LogP contribution in [0, 0.1) is 25.2 Å². The quantitative estimate of drug-likeness (QED) is 0.872. The van der Waals surface area contributed by atoms with E-state index in [4.69, 9.17) is 5.26 Å². The van der Waals surface area contributed by atoms with Crippen LogP contribution in [0.15, 0.2) is 29.1 Å². The van der Waals surface area contributed by atoms with Gasteiger partial charge in [-0.15, -0.1) is 0 Å². The first-order chi connectivity index (χ1) is 8.61. The Morgan fingerprint density at radius 2 is 2.11 bits per heavy atom. The van der Waals surface area contributed by atoms with Crippen molar-refractivity contribution in [1.82, 2.24) is 10.2 Å². The third-order valence-electron chi connectivity index (χ3n) is 2.82. The summed E-state index contributed by atoms with van der Waals surface area (Å²) in [5.41, 5.74) is 4.04. The van der Waals surface area contributed by atoms with Crippen LogP contribution in [0.1, 0.15) is 16.7 Å². The molecule has 0 bridgehead atoms. The first kappa shape index (κ1) is 12.1. The molecular formula is C14H13N3O. The number of aromatic nitrogens is 2. The summed E-state index contributed by atoms with van der Waals surface area (Å²) >= 11 is 0. The number of aryl methyl sites for hydroxylation is 2. The lowest BCUT2D eigenvalue weighted by atomic mass is 10.0. The summed E-state index contributed by atoms with van der Waals surface area (Å²) in [6.07, 6.45) is 0.0930. The smallest absolute Gasteiger partial charge is 0.268 e. The molecule has 2 aromatic rings. The van der Waals surface area contributed by atoms with Gasteiger partial charge in [-0.2, -0.15) is 10.4 Å². The van der Waals surface area contributed by atoms with E-state index in [9.17, 15) is 4.79 Å². The number of rotatable bonds is 2. The Morgan fingerprint density at radius 1 is 1.33 bits per heavy atom. The number of aromatic amines is 1. The number of benzene rings is 1. The van der Waals surface area contributed by atoms with Crippen LogP contribution in [0.3, 0.4) is 0 Å². The molecule has 1 heterocycles. The lowest BCUT2D eigenvalue weighted by Gasteiger charge is -2.06. The molecule has 18 heavy (non-hydrogen) atoms. The van der Waals surface area contributed by atoms with E-state index >= 15 is 0 Å². The topological polar surface area (TPSA) is 69.5 Å². The van der Waals surface area contributed by atoms with Crippen molar-refractivity contribution in [2.75, 3.05) is 0 Å². The zero-order valence-electron chi connectivity index (χ0n) is 10.3. The van der Waals surface area contributed by atoms with Gasteiger partial charge < -0.3 is 0 Å². The second-order valence-electron chi connectivity index (χ2n) is 4.26. The van der Waals surface area contributed by atoms with Crippen LogP contribution >= 0.6 is 0 Å². The van der Waals surface area contributed by atoms with Gasteiger partial charge in [0.25, 0.3) is 5.56 Å². The molecule has 0 amide bonds. The molecule has 0 aliphatic heterocycles. The highest BCUT2D eigenvalue weighted by molar-refractivity contribution is 5.64. The van der Waals surface area contributed by atoms with Crippen molar-refractivity contribution in [3.8, 4) is 17.3 Å². The van der Waals surface area contributed by atoms with Crippen molar-refractivity contribution in [2.45, 2.75) is 20.3 Å². The SMILES string of the molecule is Cc1ccc(C)c(-c2cc(CC#N)c(=O)[nH]n2)c1. The average molecular weight is 239 g/mol. The van der Waals surface area contributed by atoms with Gasteiger partial charge in [0, 0.05) is 11.1 Å². The summed E-state index contributed by atoms with van der Waals surface area (Å²) in [6.45, 7) is 4.00. The highest BCUT2D eigenvalue weighted by Gasteiger charge is 2.07. The van der Waals surface area contributed by atoms with Crippen molar-refractivity contribution in [3.05, 3.63) is 51.3 Å². The predicted octanol–water partition coefficient (Wildman–Crippen LogP) is 2.12. The van der Waals surface area contributed by atoms with Crippen LogP contribution in [-0.2, 0) is 6.42 Å². The van der Waals surface area contributed by atoms with Crippen molar-refractivity contribution < 1.29 is 0 Å². The van der Waals surface area contributed by atoms with Crippen LogP contribution < -0.4 is 5.56 Å². The summed E-state index contributed by atoms with van der Waals surface area (Å²) in [4.78, 5) is 11.5. The first-order valence-electron chi connectivity index (χ1n) is 5.65. The van der Waals surface area contributed by atoms with Crippen LogP contribution in [0.4, 0.5) is 0 Å². The monoisotopic (exact) mass is 239 g/mol. The highest BCUT2D eigenvalue weighted by Crippen LogP contribution is 2.22. The minimum atomic E-state index is -0.300. The third-order valence-corrected chi connectivity index (χ3v) is 2.82. The van der Waals surface area contributed by atoms with Crippen LogP contribution in [0.25, 0.3) is 11.3 Å². The van der Waals surface area contributed by atoms with Gasteiger partial charge in [0.2, 0.25) is 0 Å². The van der Waals surface area contributed by atoms with Crippen molar-refractivity contribution in [2.24, 2.45) is 0 Å². The summed E-state index contributed by atoms with van der Waals surface area (Å²) in [5.74, 6) is 0. The number of nitrogens with zero attached hydrogens (tertiary/aromatic N) is 2. The van der Waals surface area contributed by atoms with Gasteiger partial charge in [0.05, 0.1) is 18.2 Å². The third kappa shape index (κ3) is 2.30. The molecule has 0 saturated heterocycles. The van der Waals surface area contributed by atoms with Gasteiger partial charge >= 0.3 is 0 Å². The lowest BCUT2D eigenvalue weighted by Crippen LogP contribution is -2.14. The largest absolute Gasteiger partial charge is 0.268 e. The Hall–Kier alpha value is -2.41. The van der Waals surface area contributed by atoms with E-state index < -0.39 is 0 Å². The molecule has 0 atom stereocenters. The standard InChI is InChI=1S/C14H13N3O/c1-9-3-4-10(2)12(7-9)13-8-11(5-6-15)14(18)17-16-13/h3-4,7-8H,5H2,1-2H3,(H,17,18). The molecule has 4 nitrogen and oxygen atoms in total. The normalized spacial score (nSPS) is 10.1. The second kappa shape index (κ2) is 4.84. The number of H-pyrrole nitrogens is 1. The minimum absolute atomic E-state index is 0.0930. The fraction of sp³-hybridized carbons (Fsp3) is 0.214. The molecule has 1 N–H and O–H groups in total. The van der Waals surface area contributed by atoms with Gasteiger partial charge in [0.1, 0.15) is 0 Å². The molecule has 1 aromatic heterocycles. The van der Waals surface area contributed by atoms with Crippen LogP contribution in [0.2, 0.25) is 0 Å². The lowest BCUT2D eigenvalue weighted by molar-refractivity contribution is 0.961. The highest BCUT2D eigenvalue weighted by atomic mass is 16.1. The van der Waals surface area contributed by atoms with Gasteiger partial charge in [-0.05, 0) is 31.5 Å². The fourth-order valence-electron chi connectivity index (χ4n) is 1.81. The predicted molar refractivity (Wildman–Crippen MR) is 69.1 cm³/mol. The summed E-state index contributed by atoms with van der Waals surface area (Å²) in [7, 11) is 0. The molecule has 0 aliphatic rings. The molecule has 4 heteroatoms. The molecule has 0 radical (unpaired) electrons. The molecule has 1 aromatic carbocycles. The summed E-state index contributed by atoms with van der Waals surface area (Å²) in [5, 5.41) is 15.2. The molecule has 90 valence electrons. The zero-order valence-corrected chi connectivity index (χ0v) is 10.3. The van der Waals surface area contributed by atoms with E-state index in [2.05, 4.69) is 10.2 Å². The summed E-state index contributed by atoms with van der Waals surface area (Å²) in [6, 6.07) is 9.73. The van der Waals surface area contributed by atoms with E-state index in [1.807, 2.05) is 38.1 Å². The second-order valence-corrected chi connectivity index (χ2v) is 4.26. The zero-order chi connectivity index (χ0) is 13.1. The Balaban J connectivity index is 2.58. The average Bonchev–Trinajstić information content (AvgIpc) is 2.35. The van der Waals surface area contributed by atoms with Crippen molar-refractivity contribution >= 4 is 0 Å². The van der Waals surface area contributed by atoms with Crippen LogP contribution in [0.5, 0.6) is 0 Å². The Morgan fingerprint density at radius 3 is 2.83 bits per heavy atom. The number of nitrogens with one attached hydrogen (secondary N) is 1. The molecule has 2 rings (SSSR count). The Kier molecular flexibility index (Phi) is 3.24. The molecule has 0 spiro atoms. The van der Waals surface area contributed by atoms with Crippen molar-refractivity contribution in [3.63, 3.8) is 0 Å². The van der Waals surface area contributed by atoms with Crippen LogP contribution in [-0.4, -0.2) is 10.2 Å². The van der Waals surface area contributed by atoms with E-state index in [1.54, 1.807) is 6.07 Å².